The van der Waals surface area contributed by atoms with E-state index < -0.39 is 48.7 Å². The van der Waals surface area contributed by atoms with E-state index in [1.165, 1.54) is 16.8 Å². The molecule has 220 valence electrons. The van der Waals surface area contributed by atoms with E-state index in [1.54, 1.807) is 19.2 Å². The number of hydrogen-bond donors (Lipinski definition) is 2. The molecule has 41 heavy (non-hydrogen) atoms. The van der Waals surface area contributed by atoms with E-state index in [9.17, 15) is 31.5 Å². The van der Waals surface area contributed by atoms with Crippen molar-refractivity contribution < 1.29 is 31.5 Å². The molecule has 2 aliphatic carbocycles. The summed E-state index contributed by atoms with van der Waals surface area (Å²) in [4.78, 5) is 29.4. The van der Waals surface area contributed by atoms with Crippen LogP contribution in [0.1, 0.15) is 96.3 Å². The number of carbonyl (C=O) groups is 2. The van der Waals surface area contributed by atoms with Crippen LogP contribution in [0.15, 0.2) is 24.5 Å². The Labute approximate surface area is 232 Å². The maximum atomic E-state index is 14.0. The first-order valence-electron chi connectivity index (χ1n) is 13.5. The Morgan fingerprint density at radius 1 is 1.12 bits per heavy atom. The smallest absolute Gasteiger partial charge is 0.366 e. The van der Waals surface area contributed by atoms with E-state index in [-0.39, 0.29) is 48.8 Å². The second-order valence-corrected chi connectivity index (χ2v) is 11.1. The Hall–Kier alpha value is -3.71. The molecule has 0 aliphatic heterocycles. The number of aromatic nitrogens is 5. The largest absolute Gasteiger partial charge is 0.389 e. The molecule has 3 aromatic rings. The Balaban J connectivity index is 1.48. The molecule has 0 saturated heterocycles. The van der Waals surface area contributed by atoms with Crippen LogP contribution in [0.2, 0.25) is 0 Å². The third kappa shape index (κ3) is 6.79. The number of imidazole rings is 1. The van der Waals surface area contributed by atoms with Crippen molar-refractivity contribution in [3.05, 3.63) is 52.7 Å². The van der Waals surface area contributed by atoms with Gasteiger partial charge in [0.05, 0.1) is 53.4 Å². The molecule has 2 amide bonds. The van der Waals surface area contributed by atoms with Crippen molar-refractivity contribution >= 4 is 17.5 Å². The van der Waals surface area contributed by atoms with Crippen LogP contribution in [0.25, 0.3) is 5.65 Å². The van der Waals surface area contributed by atoms with Gasteiger partial charge in [-0.1, -0.05) is 0 Å². The summed E-state index contributed by atoms with van der Waals surface area (Å²) in [5.41, 5.74) is 7.96. The number of primary amides is 1. The lowest BCUT2D eigenvalue weighted by Crippen LogP contribution is -2.30. The topological polar surface area (TPSA) is 128 Å². The minimum Gasteiger partial charge on any atom is -0.366 e. The van der Waals surface area contributed by atoms with Crippen LogP contribution in [0, 0.1) is 18.8 Å². The molecule has 3 heterocycles. The van der Waals surface area contributed by atoms with Gasteiger partial charge in [0, 0.05) is 19.3 Å². The maximum absolute atomic E-state index is 14.0. The number of carbonyl (C=O) groups excluding carboxylic acids is 2. The van der Waals surface area contributed by atoms with Gasteiger partial charge in [-0.25, -0.2) is 18.3 Å². The van der Waals surface area contributed by atoms with Gasteiger partial charge in [0.25, 0.3) is 5.91 Å². The van der Waals surface area contributed by atoms with Gasteiger partial charge < -0.3 is 11.1 Å². The average molecular weight is 580 g/mol. The molecule has 2 saturated carbocycles. The summed E-state index contributed by atoms with van der Waals surface area (Å²) < 4.78 is 67.4. The normalized spacial score (nSPS) is 19.2. The van der Waals surface area contributed by atoms with E-state index in [4.69, 9.17) is 10.7 Å². The molecule has 0 spiro atoms. The lowest BCUT2D eigenvalue weighted by atomic mass is 9.75. The van der Waals surface area contributed by atoms with Gasteiger partial charge in [0.15, 0.2) is 5.65 Å². The lowest BCUT2D eigenvalue weighted by Gasteiger charge is -2.33. The average Bonchev–Trinajstić information content (AvgIpc) is 3.65. The van der Waals surface area contributed by atoms with Gasteiger partial charge in [-0.3, -0.25) is 9.59 Å². The van der Waals surface area contributed by atoms with Crippen LogP contribution >= 0.6 is 0 Å². The quantitative estimate of drug-likeness (QED) is 0.351. The highest BCUT2D eigenvalue weighted by Gasteiger charge is 2.41. The molecule has 14 heteroatoms. The highest BCUT2D eigenvalue weighted by molar-refractivity contribution is 5.94. The fraction of sp³-hybridized carbons (Fsp3) is 0.556. The summed E-state index contributed by atoms with van der Waals surface area (Å²) in [6.07, 6.45) is -1.80. The zero-order valence-corrected chi connectivity index (χ0v) is 22.3. The van der Waals surface area contributed by atoms with Crippen molar-refractivity contribution in [1.29, 1.82) is 0 Å². The molecule has 5 rings (SSSR count). The van der Waals surface area contributed by atoms with E-state index >= 15 is 0 Å². The van der Waals surface area contributed by atoms with E-state index in [0.717, 1.165) is 12.8 Å². The Morgan fingerprint density at radius 2 is 1.83 bits per heavy atom. The van der Waals surface area contributed by atoms with E-state index in [2.05, 4.69) is 20.6 Å². The van der Waals surface area contributed by atoms with Crippen LogP contribution < -0.4 is 11.1 Å². The van der Waals surface area contributed by atoms with Gasteiger partial charge in [-0.15, -0.1) is 0 Å². The van der Waals surface area contributed by atoms with Gasteiger partial charge >= 0.3 is 6.18 Å². The number of rotatable bonds is 9. The van der Waals surface area contributed by atoms with Crippen molar-refractivity contribution in [2.24, 2.45) is 17.6 Å². The Kier molecular flexibility index (Phi) is 7.68. The van der Waals surface area contributed by atoms with Crippen LogP contribution in [0.5, 0.6) is 0 Å². The van der Waals surface area contributed by atoms with E-state index in [1.807, 2.05) is 0 Å². The van der Waals surface area contributed by atoms with Gasteiger partial charge in [-0.2, -0.15) is 28.5 Å². The molecule has 0 radical (unpaired) electrons. The van der Waals surface area contributed by atoms with Crippen LogP contribution in [-0.2, 0) is 4.79 Å². The fourth-order valence-corrected chi connectivity index (χ4v) is 5.56. The zero-order chi connectivity index (χ0) is 29.5. The summed E-state index contributed by atoms with van der Waals surface area (Å²) >= 11 is 0. The number of aryl methyl sites for hydroxylation is 1. The third-order valence-electron chi connectivity index (χ3n) is 7.82. The number of nitrogens with zero attached hydrogens (tertiary/aromatic N) is 5. The molecular weight excluding hydrogens is 549 g/mol. The van der Waals surface area contributed by atoms with Crippen molar-refractivity contribution in [2.75, 3.05) is 0 Å². The molecule has 3 N–H and O–H groups in total. The molecular formula is C27H30F5N7O2. The van der Waals surface area contributed by atoms with E-state index in [0.29, 0.717) is 22.6 Å². The van der Waals surface area contributed by atoms with Crippen molar-refractivity contribution in [3.63, 3.8) is 0 Å². The molecule has 0 unspecified atom stereocenters. The lowest BCUT2D eigenvalue weighted by molar-refractivity contribution is -0.144. The Bertz CT molecular complexity index is 1440. The van der Waals surface area contributed by atoms with Crippen molar-refractivity contribution in [1.82, 2.24) is 30.1 Å². The SMILES string of the molecule is Cc1cc(C(N)=O)c([C@H](c2cn3ncc([C@H](NC(=O)CCC(F)(F)F)C4CC4)cc3n2)C2CCC(F)(F)CC2)nn1. The number of halogens is 5. The fourth-order valence-electron chi connectivity index (χ4n) is 5.56. The van der Waals surface area contributed by atoms with Gasteiger partial charge in [0.1, 0.15) is 0 Å². The van der Waals surface area contributed by atoms with Crippen LogP contribution in [0.4, 0.5) is 22.0 Å². The summed E-state index contributed by atoms with van der Waals surface area (Å²) in [5, 5.41) is 15.5. The number of alkyl halides is 5. The monoisotopic (exact) mass is 579 g/mol. The van der Waals surface area contributed by atoms with Gasteiger partial charge in [-0.05, 0) is 62.1 Å². The van der Waals surface area contributed by atoms with Crippen LogP contribution in [0.3, 0.4) is 0 Å². The number of fused-ring (bicyclic) bond motifs is 1. The second kappa shape index (κ2) is 10.9. The first kappa shape index (κ1) is 28.8. The minimum atomic E-state index is -4.43. The molecule has 9 nitrogen and oxygen atoms in total. The molecule has 0 aromatic carbocycles. The molecule has 2 atom stereocenters. The number of hydrogen-bond acceptors (Lipinski definition) is 6. The summed E-state index contributed by atoms with van der Waals surface area (Å²) in [5.74, 6) is -5.10. The molecule has 3 aromatic heterocycles. The van der Waals surface area contributed by atoms with Crippen molar-refractivity contribution in [2.45, 2.75) is 82.3 Å². The highest BCUT2D eigenvalue weighted by Crippen LogP contribution is 2.45. The first-order chi connectivity index (χ1) is 19.3. The summed E-state index contributed by atoms with van der Waals surface area (Å²) in [6.45, 7) is 1.66. The Morgan fingerprint density at radius 3 is 2.46 bits per heavy atom. The number of amides is 2. The maximum Gasteiger partial charge on any atom is 0.389 e. The number of nitrogens with one attached hydrogen (secondary N) is 1. The highest BCUT2D eigenvalue weighted by atomic mass is 19.4. The summed E-state index contributed by atoms with van der Waals surface area (Å²) in [6, 6.07) is 2.70. The zero-order valence-electron chi connectivity index (χ0n) is 22.3. The molecule has 2 aliphatic rings. The van der Waals surface area contributed by atoms with Gasteiger partial charge in [0.2, 0.25) is 11.8 Å². The minimum absolute atomic E-state index is 0.0705. The predicted octanol–water partition coefficient (Wildman–Crippen LogP) is 4.79. The standard InChI is InChI=1S/C27H30F5N7O2/c1-14-10-18(25(33)41)24(38-37-14)22(15-4-7-26(28,29)8-5-15)19-13-39-20(35-19)11-17(12-34-39)23(16-2-3-16)36-21(40)6-9-27(30,31)32/h10-13,15-16,22-23H,2-9H2,1H3,(H2,33,41)(H,36,40)/t22-,23+/m0/s1. The van der Waals surface area contributed by atoms with Crippen molar-refractivity contribution in [3.8, 4) is 0 Å². The molecule has 2 fully saturated rings. The number of nitrogens with two attached hydrogens (primary N) is 1. The van der Waals surface area contributed by atoms with Crippen LogP contribution in [-0.4, -0.2) is 48.7 Å². The first-order valence-corrected chi connectivity index (χ1v) is 13.5. The predicted molar refractivity (Wildman–Crippen MR) is 136 cm³/mol. The third-order valence-corrected chi connectivity index (χ3v) is 7.82. The molecule has 0 bridgehead atoms. The second-order valence-electron chi connectivity index (χ2n) is 11.1. The summed E-state index contributed by atoms with van der Waals surface area (Å²) in [7, 11) is 0.